The molecule has 20 heteroatoms. The number of anilines is 2. The van der Waals surface area contributed by atoms with Crippen LogP contribution in [-0.4, -0.2) is 90.5 Å². The van der Waals surface area contributed by atoms with Gasteiger partial charge in [0.15, 0.2) is 0 Å². The second-order valence-electron chi connectivity index (χ2n) is 6.96. The number of aromatic nitrogens is 2. The van der Waals surface area contributed by atoms with Gasteiger partial charge in [-0.3, -0.25) is 9.97 Å². The molecule has 2 heterocycles. The van der Waals surface area contributed by atoms with Gasteiger partial charge < -0.3 is 46.5 Å². The van der Waals surface area contributed by atoms with Crippen molar-refractivity contribution >= 4 is 87.0 Å². The quantitative estimate of drug-likeness (QED) is 0.0961. The van der Waals surface area contributed by atoms with E-state index in [-0.39, 0.29) is 19.8 Å². The minimum absolute atomic E-state index is 0. The number of amidine groups is 2. The van der Waals surface area contributed by atoms with Gasteiger partial charge in [0.05, 0.1) is 23.8 Å². The summed E-state index contributed by atoms with van der Waals surface area (Å²) in [5, 5.41) is 16.0. The van der Waals surface area contributed by atoms with Gasteiger partial charge in [0.25, 0.3) is 0 Å². The Labute approximate surface area is 239 Å². The standard InChI is InChI=1S/2C9H13N5S.F6P.Ga/c2*1-14(2)9(15)13-12-6-8-7(10)4-3-5-11-8;1-7(2,3,4,5)6;/h2*3-6H,10H2,1-2H3,(H,13,15);;/q;;-1;+3/p-2/b2*12-6+;;. The van der Waals surface area contributed by atoms with E-state index in [9.17, 15) is 25.2 Å². The van der Waals surface area contributed by atoms with Gasteiger partial charge in [0.2, 0.25) is 0 Å². The Morgan fingerprint density at radius 3 is 1.29 bits per heavy atom. The van der Waals surface area contributed by atoms with Crippen molar-refractivity contribution < 1.29 is 25.2 Å². The van der Waals surface area contributed by atoms with Crippen LogP contribution in [0.5, 0.6) is 0 Å². The third-order valence-electron chi connectivity index (χ3n) is 3.15. The summed E-state index contributed by atoms with van der Waals surface area (Å²) in [5.41, 5.74) is 13.6. The van der Waals surface area contributed by atoms with Crippen LogP contribution in [0.15, 0.2) is 57.1 Å². The molecule has 0 amide bonds. The molecule has 0 aliphatic heterocycles. The van der Waals surface area contributed by atoms with E-state index in [1.165, 1.54) is 12.4 Å². The number of hydrogen-bond donors (Lipinski definition) is 2. The van der Waals surface area contributed by atoms with Crippen molar-refractivity contribution in [1.29, 1.82) is 0 Å². The molecule has 10 nitrogen and oxygen atoms in total. The average molecular weight is 659 g/mol. The van der Waals surface area contributed by atoms with Crippen LogP contribution in [0, 0.1) is 0 Å². The number of rotatable bonds is 4. The maximum Gasteiger partial charge on any atom is 3.00 e. The Kier molecular flexibility index (Phi) is 14.8. The Hall–Kier alpha value is -2.73. The molecule has 0 atom stereocenters. The normalized spacial score (nSPS) is 13.7. The topological polar surface area (TPSA) is 134 Å². The molecule has 4 N–H and O–H groups in total. The van der Waals surface area contributed by atoms with E-state index in [1.807, 2.05) is 0 Å². The molecular weight excluding hydrogens is 635 g/mol. The van der Waals surface area contributed by atoms with Crippen LogP contribution in [-0.2, 0) is 25.3 Å². The van der Waals surface area contributed by atoms with E-state index in [0.717, 1.165) is 0 Å². The summed E-state index contributed by atoms with van der Waals surface area (Å²) >= 11 is 9.84. The smallest absolute Gasteiger partial charge is 3.00 e. The van der Waals surface area contributed by atoms with Crippen LogP contribution in [0.1, 0.15) is 11.4 Å². The molecule has 0 saturated carbocycles. The first-order valence-corrected chi connectivity index (χ1v) is 12.4. The molecule has 38 heavy (non-hydrogen) atoms. The maximum absolute atomic E-state index is 10.7. The fourth-order valence-corrected chi connectivity index (χ4v) is 1.61. The molecule has 0 bridgehead atoms. The number of hydrogen-bond acceptors (Lipinski definition) is 10. The molecule has 2 aromatic rings. The third-order valence-corrected chi connectivity index (χ3v) is 4.05. The molecule has 208 valence electrons. The minimum Gasteiger partial charge on any atom is 3.00 e. The van der Waals surface area contributed by atoms with Crippen LogP contribution >= 0.6 is 7.81 Å². The molecular formula is C18H24F6GaN10PS2. The molecule has 0 saturated heterocycles. The molecule has 0 aromatic carbocycles. The second kappa shape index (κ2) is 15.0. The van der Waals surface area contributed by atoms with Crippen LogP contribution in [0.2, 0.25) is 0 Å². The minimum atomic E-state index is -10.7. The van der Waals surface area contributed by atoms with Gasteiger partial charge in [-0.25, -0.2) is 0 Å². The van der Waals surface area contributed by atoms with Crippen LogP contribution in [0.4, 0.5) is 36.6 Å². The van der Waals surface area contributed by atoms with Crippen molar-refractivity contribution in [2.45, 2.75) is 0 Å². The fourth-order valence-electron chi connectivity index (χ4n) is 1.52. The SMILES string of the molecule is CN(C)/C([S-])=N/N=C/c1ncccc1N.CN(C)/C([S-])=N/N=C/c1ncccc1N.F[P-](F)(F)(F)(F)F.[Ga+3]. The molecule has 0 spiro atoms. The summed E-state index contributed by atoms with van der Waals surface area (Å²) in [6.07, 6.45) is 6.24. The Balaban J connectivity index is 0. The maximum atomic E-state index is 9.87. The van der Waals surface area contributed by atoms with Gasteiger partial charge in [-0.1, -0.05) is 0 Å². The van der Waals surface area contributed by atoms with E-state index in [2.05, 4.69) is 30.4 Å². The van der Waals surface area contributed by atoms with Gasteiger partial charge in [-0.15, -0.1) is 0 Å². The first-order chi connectivity index (χ1) is 16.7. The Bertz CT molecular complexity index is 1060. The van der Waals surface area contributed by atoms with Crippen molar-refractivity contribution in [3.05, 3.63) is 48.0 Å². The number of nitrogen functional groups attached to an aromatic ring is 2. The van der Waals surface area contributed by atoms with Crippen molar-refractivity contribution in [2.75, 3.05) is 39.7 Å². The van der Waals surface area contributed by atoms with Gasteiger partial charge in [-0.2, -0.15) is 20.4 Å². The number of pyridine rings is 2. The monoisotopic (exact) mass is 658 g/mol. The first kappa shape index (κ1) is 37.4. The van der Waals surface area contributed by atoms with Crippen molar-refractivity contribution in [3.63, 3.8) is 0 Å². The predicted molar refractivity (Wildman–Crippen MR) is 149 cm³/mol. The van der Waals surface area contributed by atoms with Gasteiger partial charge in [-0.05, 0) is 24.3 Å². The first-order valence-electron chi connectivity index (χ1n) is 9.55. The molecule has 0 unspecified atom stereocenters. The second-order valence-corrected chi connectivity index (χ2v) is 9.60. The molecule has 2 aromatic heterocycles. The average Bonchev–Trinajstić information content (AvgIpc) is 2.74. The zero-order chi connectivity index (χ0) is 28.9. The molecule has 0 aliphatic carbocycles. The van der Waals surface area contributed by atoms with E-state index in [0.29, 0.717) is 33.1 Å². The summed E-state index contributed by atoms with van der Waals surface area (Å²) in [6, 6.07) is 7.01. The van der Waals surface area contributed by atoms with Crippen molar-refractivity contribution in [1.82, 2.24) is 19.8 Å². The number of nitrogens with two attached hydrogens (primary N) is 2. The van der Waals surface area contributed by atoms with Crippen LogP contribution in [0.25, 0.3) is 0 Å². The van der Waals surface area contributed by atoms with Gasteiger partial charge in [0, 0.05) is 50.9 Å². The predicted octanol–water partition coefficient (Wildman–Crippen LogP) is 3.93. The summed E-state index contributed by atoms with van der Waals surface area (Å²) in [7, 11) is -3.45. The van der Waals surface area contributed by atoms with E-state index in [1.54, 1.807) is 74.6 Å². The fraction of sp³-hybridized carbons (Fsp3) is 0.222. The summed E-state index contributed by atoms with van der Waals surface area (Å²) in [5.74, 6) is 0. The van der Waals surface area contributed by atoms with E-state index >= 15 is 0 Å². The van der Waals surface area contributed by atoms with Gasteiger partial charge in [0.1, 0.15) is 11.4 Å². The van der Waals surface area contributed by atoms with E-state index < -0.39 is 7.81 Å². The molecule has 0 fully saturated rings. The zero-order valence-electron chi connectivity index (χ0n) is 20.5. The largest absolute Gasteiger partial charge is 3.00 e. The Morgan fingerprint density at radius 2 is 1.05 bits per heavy atom. The molecule has 0 aliphatic rings. The summed E-state index contributed by atoms with van der Waals surface area (Å²) < 4.78 is 59.2. The van der Waals surface area contributed by atoms with Gasteiger partial charge >= 0.3 is 52.8 Å². The van der Waals surface area contributed by atoms with Crippen molar-refractivity contribution in [3.8, 4) is 0 Å². The van der Waals surface area contributed by atoms with Crippen molar-refractivity contribution in [2.24, 2.45) is 20.4 Å². The Morgan fingerprint density at radius 1 is 0.763 bits per heavy atom. The van der Waals surface area contributed by atoms with Crippen LogP contribution in [0.3, 0.4) is 0 Å². The summed E-state index contributed by atoms with van der Waals surface area (Å²) in [6.45, 7) is 0. The van der Waals surface area contributed by atoms with Crippen LogP contribution < -0.4 is 11.5 Å². The molecule has 0 radical (unpaired) electrons. The van der Waals surface area contributed by atoms with E-state index in [4.69, 9.17) is 36.7 Å². The summed E-state index contributed by atoms with van der Waals surface area (Å²) in [4.78, 5) is 11.4. The number of halogens is 6. The third kappa shape index (κ3) is 22.5. The zero-order valence-corrected chi connectivity index (χ0v) is 25.4. The molecule has 2 rings (SSSR count). The number of nitrogens with zero attached hydrogens (tertiary/aromatic N) is 8.